The van der Waals surface area contributed by atoms with Gasteiger partial charge in [0.2, 0.25) is 5.95 Å². The van der Waals surface area contributed by atoms with Crippen LogP contribution in [0, 0.1) is 0 Å². The lowest BCUT2D eigenvalue weighted by Gasteiger charge is -2.00. The summed E-state index contributed by atoms with van der Waals surface area (Å²) in [6, 6.07) is 5.51. The molecule has 3 aromatic rings. The second-order valence-electron chi connectivity index (χ2n) is 3.81. The Morgan fingerprint density at radius 2 is 2.22 bits per heavy atom. The first kappa shape index (κ1) is 10.5. The van der Waals surface area contributed by atoms with Gasteiger partial charge in [0, 0.05) is 19.4 Å². The highest BCUT2D eigenvalue weighted by Crippen LogP contribution is 2.09. The first-order valence-electron chi connectivity index (χ1n) is 5.34. The minimum absolute atomic E-state index is 0.263. The van der Waals surface area contributed by atoms with Crippen LogP contribution in [0.25, 0.3) is 5.65 Å². The summed E-state index contributed by atoms with van der Waals surface area (Å²) < 4.78 is 3.27. The zero-order valence-corrected chi connectivity index (χ0v) is 9.61. The summed E-state index contributed by atoms with van der Waals surface area (Å²) in [5.74, 6) is 0.126. The van der Waals surface area contributed by atoms with Crippen LogP contribution < -0.4 is 5.32 Å². The van der Waals surface area contributed by atoms with Crippen LogP contribution in [-0.2, 0) is 7.05 Å². The van der Waals surface area contributed by atoms with Crippen LogP contribution in [0.1, 0.15) is 10.4 Å². The molecule has 7 heteroatoms. The van der Waals surface area contributed by atoms with Crippen molar-refractivity contribution in [2.75, 3.05) is 5.32 Å². The van der Waals surface area contributed by atoms with Crippen LogP contribution >= 0.6 is 0 Å². The van der Waals surface area contributed by atoms with Gasteiger partial charge in [0.05, 0.1) is 11.8 Å². The number of anilines is 1. The second kappa shape index (κ2) is 3.95. The van der Waals surface area contributed by atoms with Gasteiger partial charge in [-0.2, -0.15) is 5.10 Å². The Morgan fingerprint density at radius 1 is 1.33 bits per heavy atom. The maximum Gasteiger partial charge on any atom is 0.261 e. The van der Waals surface area contributed by atoms with E-state index in [0.29, 0.717) is 17.2 Å². The van der Waals surface area contributed by atoms with E-state index in [1.165, 1.54) is 6.20 Å². The van der Waals surface area contributed by atoms with Gasteiger partial charge in [0.1, 0.15) is 0 Å². The molecule has 0 radical (unpaired) electrons. The molecular formula is C11H10N6O. The number of aromatic nitrogens is 5. The van der Waals surface area contributed by atoms with Crippen molar-refractivity contribution in [1.29, 1.82) is 0 Å². The first-order chi connectivity index (χ1) is 8.74. The number of rotatable bonds is 2. The summed E-state index contributed by atoms with van der Waals surface area (Å²) in [6.45, 7) is 0. The van der Waals surface area contributed by atoms with Crippen molar-refractivity contribution in [3.8, 4) is 0 Å². The molecule has 0 fully saturated rings. The first-order valence-corrected chi connectivity index (χ1v) is 5.34. The fraction of sp³-hybridized carbons (Fsp3) is 0.0909. The molecule has 0 bridgehead atoms. The predicted octanol–water partition coefficient (Wildman–Crippen LogP) is 0.715. The number of fused-ring (bicyclic) bond motifs is 1. The quantitative estimate of drug-likeness (QED) is 0.718. The number of nitrogens with zero attached hydrogens (tertiary/aromatic N) is 5. The van der Waals surface area contributed by atoms with Crippen LogP contribution in [0.4, 0.5) is 5.95 Å². The van der Waals surface area contributed by atoms with E-state index in [9.17, 15) is 4.79 Å². The van der Waals surface area contributed by atoms with Crippen LogP contribution in [0.3, 0.4) is 0 Å². The van der Waals surface area contributed by atoms with E-state index >= 15 is 0 Å². The topological polar surface area (TPSA) is 77.1 Å². The van der Waals surface area contributed by atoms with Crippen LogP contribution in [0.5, 0.6) is 0 Å². The second-order valence-corrected chi connectivity index (χ2v) is 3.81. The molecule has 1 N–H and O–H groups in total. The van der Waals surface area contributed by atoms with Gasteiger partial charge in [-0.15, -0.1) is 10.2 Å². The third-order valence-electron chi connectivity index (χ3n) is 2.51. The van der Waals surface area contributed by atoms with Gasteiger partial charge in [-0.3, -0.25) is 19.2 Å². The normalized spacial score (nSPS) is 10.7. The van der Waals surface area contributed by atoms with Crippen LogP contribution in [0.15, 0.2) is 36.8 Å². The largest absolute Gasteiger partial charge is 0.290 e. The summed E-state index contributed by atoms with van der Waals surface area (Å²) in [4.78, 5) is 11.9. The van der Waals surface area contributed by atoms with Crippen molar-refractivity contribution in [2.24, 2.45) is 7.05 Å². The molecule has 1 amide bonds. The average Bonchev–Trinajstić information content (AvgIpc) is 2.97. The molecule has 90 valence electrons. The molecule has 0 atom stereocenters. The van der Waals surface area contributed by atoms with Crippen molar-refractivity contribution in [3.63, 3.8) is 0 Å². The Balaban J connectivity index is 1.90. The fourth-order valence-electron chi connectivity index (χ4n) is 1.64. The highest BCUT2D eigenvalue weighted by molar-refractivity contribution is 6.03. The Morgan fingerprint density at radius 3 is 3.00 bits per heavy atom. The molecule has 0 saturated heterocycles. The van der Waals surface area contributed by atoms with Gasteiger partial charge < -0.3 is 0 Å². The maximum atomic E-state index is 11.9. The highest BCUT2D eigenvalue weighted by atomic mass is 16.1. The summed E-state index contributed by atoms with van der Waals surface area (Å²) in [6.07, 6.45) is 4.92. The number of aryl methyl sites for hydroxylation is 1. The molecule has 0 aliphatic carbocycles. The molecule has 3 heterocycles. The average molecular weight is 242 g/mol. The van der Waals surface area contributed by atoms with Gasteiger partial charge in [-0.05, 0) is 12.1 Å². The molecule has 3 rings (SSSR count). The molecule has 7 nitrogen and oxygen atoms in total. The van der Waals surface area contributed by atoms with E-state index in [2.05, 4.69) is 20.6 Å². The number of pyridine rings is 1. The van der Waals surface area contributed by atoms with E-state index in [0.717, 1.165) is 0 Å². The third-order valence-corrected chi connectivity index (χ3v) is 2.51. The fourth-order valence-corrected chi connectivity index (χ4v) is 1.64. The van der Waals surface area contributed by atoms with E-state index < -0.39 is 0 Å². The minimum atomic E-state index is -0.263. The van der Waals surface area contributed by atoms with Crippen molar-refractivity contribution < 1.29 is 4.79 Å². The highest BCUT2D eigenvalue weighted by Gasteiger charge is 2.11. The van der Waals surface area contributed by atoms with Gasteiger partial charge in [0.25, 0.3) is 5.91 Å². The van der Waals surface area contributed by atoms with E-state index in [1.54, 1.807) is 28.5 Å². The smallest absolute Gasteiger partial charge is 0.261 e. The molecule has 0 saturated carbocycles. The number of carbonyl (C=O) groups is 1. The molecule has 0 unspecified atom stereocenters. The zero-order chi connectivity index (χ0) is 12.5. The monoisotopic (exact) mass is 242 g/mol. The predicted molar refractivity (Wildman–Crippen MR) is 64.1 cm³/mol. The van der Waals surface area contributed by atoms with Crippen molar-refractivity contribution >= 4 is 17.5 Å². The third kappa shape index (κ3) is 1.71. The molecule has 0 aliphatic rings. The Kier molecular flexibility index (Phi) is 2.30. The maximum absolute atomic E-state index is 11.9. The summed E-state index contributed by atoms with van der Waals surface area (Å²) in [5.41, 5.74) is 1.16. The molecule has 18 heavy (non-hydrogen) atoms. The van der Waals surface area contributed by atoms with Gasteiger partial charge in [0.15, 0.2) is 5.65 Å². The number of hydrogen-bond donors (Lipinski definition) is 1. The minimum Gasteiger partial charge on any atom is -0.290 e. The summed E-state index contributed by atoms with van der Waals surface area (Å²) >= 11 is 0. The number of carbonyl (C=O) groups excluding carboxylic acids is 1. The number of hydrogen-bond acceptors (Lipinski definition) is 4. The van der Waals surface area contributed by atoms with Gasteiger partial charge in [-0.25, -0.2) is 0 Å². The number of nitrogens with one attached hydrogen (secondary N) is 1. The zero-order valence-electron chi connectivity index (χ0n) is 9.61. The molecule has 0 aromatic carbocycles. The summed E-state index contributed by atoms with van der Waals surface area (Å²) in [5, 5.41) is 14.5. The van der Waals surface area contributed by atoms with Crippen molar-refractivity contribution in [3.05, 3.63) is 42.4 Å². The van der Waals surface area contributed by atoms with E-state index in [-0.39, 0.29) is 5.91 Å². The SMILES string of the molecule is Cn1cc(C(=O)Nc2nnc3ccccn23)cn1. The van der Waals surface area contributed by atoms with Crippen LogP contribution in [0.2, 0.25) is 0 Å². The van der Waals surface area contributed by atoms with E-state index in [1.807, 2.05) is 18.2 Å². The Bertz CT molecular complexity index is 713. The lowest BCUT2D eigenvalue weighted by Crippen LogP contribution is -2.13. The van der Waals surface area contributed by atoms with Gasteiger partial charge in [-0.1, -0.05) is 6.07 Å². The molecule has 0 aliphatic heterocycles. The Hall–Kier alpha value is -2.70. The lowest BCUT2D eigenvalue weighted by molar-refractivity contribution is 0.102. The molecule has 0 spiro atoms. The van der Waals surface area contributed by atoms with Crippen LogP contribution in [-0.4, -0.2) is 30.3 Å². The summed E-state index contributed by atoms with van der Waals surface area (Å²) in [7, 11) is 1.75. The standard InChI is InChI=1S/C11H10N6O/c1-16-7-8(6-12-16)10(18)13-11-15-14-9-4-2-3-5-17(9)11/h2-7H,1H3,(H,13,15,18). The van der Waals surface area contributed by atoms with Gasteiger partial charge >= 0.3 is 0 Å². The van der Waals surface area contributed by atoms with Crippen molar-refractivity contribution in [1.82, 2.24) is 24.4 Å². The molecular weight excluding hydrogens is 232 g/mol. The van der Waals surface area contributed by atoms with E-state index in [4.69, 9.17) is 0 Å². The molecule has 3 aromatic heterocycles. The Labute approximate surface area is 102 Å². The number of amides is 1. The van der Waals surface area contributed by atoms with Crippen molar-refractivity contribution in [2.45, 2.75) is 0 Å². The lowest BCUT2D eigenvalue weighted by atomic mass is 10.3.